The van der Waals surface area contributed by atoms with Crippen molar-refractivity contribution in [1.29, 1.82) is 0 Å². The molecule has 0 spiro atoms. The van der Waals surface area contributed by atoms with Gasteiger partial charge < -0.3 is 14.2 Å². The number of nitrogens with zero attached hydrogens (tertiary/aromatic N) is 1. The van der Waals surface area contributed by atoms with Crippen LogP contribution in [0.5, 0.6) is 0 Å². The predicted molar refractivity (Wildman–Crippen MR) is 79.7 cm³/mol. The van der Waals surface area contributed by atoms with Crippen LogP contribution >= 0.6 is 0 Å². The quantitative estimate of drug-likeness (QED) is 0.815. The summed E-state index contributed by atoms with van der Waals surface area (Å²) in [6, 6.07) is 1.93. The fourth-order valence-corrected chi connectivity index (χ4v) is 2.09. The second-order valence-electron chi connectivity index (χ2n) is 6.01. The van der Waals surface area contributed by atoms with Crippen LogP contribution in [0.2, 0.25) is 0 Å². The van der Waals surface area contributed by atoms with Crippen molar-refractivity contribution in [2.75, 3.05) is 6.54 Å². The van der Waals surface area contributed by atoms with E-state index >= 15 is 0 Å². The molecule has 0 saturated heterocycles. The average molecular weight is 276 g/mol. The number of rotatable bonds is 6. The molecule has 0 saturated carbocycles. The Hall–Kier alpha value is -1.55. The second kappa shape index (κ2) is 6.27. The highest BCUT2D eigenvalue weighted by Crippen LogP contribution is 2.26. The number of aromatic nitrogens is 1. The molecule has 2 aromatic rings. The Kier molecular flexibility index (Phi) is 4.65. The summed E-state index contributed by atoms with van der Waals surface area (Å²) in [7, 11) is 0. The van der Waals surface area contributed by atoms with Crippen LogP contribution in [0.3, 0.4) is 0 Å². The van der Waals surface area contributed by atoms with E-state index in [1.54, 1.807) is 12.5 Å². The Morgan fingerprint density at radius 3 is 2.80 bits per heavy atom. The summed E-state index contributed by atoms with van der Waals surface area (Å²) < 4.78 is 11.2. The zero-order valence-electron chi connectivity index (χ0n) is 12.8. The fraction of sp³-hybridized carbons (Fsp3) is 0.562. The molecule has 0 aliphatic rings. The molecule has 1 N–H and O–H groups in total. The van der Waals surface area contributed by atoms with Crippen molar-refractivity contribution in [1.82, 2.24) is 10.3 Å². The molecule has 0 atom stereocenters. The van der Waals surface area contributed by atoms with E-state index in [4.69, 9.17) is 8.83 Å². The molecule has 2 aromatic heterocycles. The number of furan rings is 1. The van der Waals surface area contributed by atoms with Gasteiger partial charge in [-0.2, -0.15) is 0 Å². The third-order valence-corrected chi connectivity index (χ3v) is 3.11. The minimum absolute atomic E-state index is 0.161. The topological polar surface area (TPSA) is 51.2 Å². The van der Waals surface area contributed by atoms with Crippen molar-refractivity contribution in [3.63, 3.8) is 0 Å². The minimum atomic E-state index is 0.161. The highest BCUT2D eigenvalue weighted by molar-refractivity contribution is 5.58. The highest BCUT2D eigenvalue weighted by atomic mass is 16.4. The maximum Gasteiger partial charge on any atom is 0.194 e. The van der Waals surface area contributed by atoms with Gasteiger partial charge in [0.1, 0.15) is 5.76 Å². The summed E-state index contributed by atoms with van der Waals surface area (Å²) in [6.45, 7) is 9.54. The molecule has 4 nitrogen and oxygen atoms in total. The lowest BCUT2D eigenvalue weighted by Gasteiger charge is -2.19. The number of aryl methyl sites for hydroxylation is 2. The molecule has 0 aliphatic carbocycles. The monoisotopic (exact) mass is 276 g/mol. The molecule has 0 aromatic carbocycles. The van der Waals surface area contributed by atoms with Gasteiger partial charge in [0.05, 0.1) is 18.0 Å². The summed E-state index contributed by atoms with van der Waals surface area (Å²) in [5.74, 6) is 2.54. The lowest BCUT2D eigenvalue weighted by molar-refractivity contribution is 0.412. The Labute approximate surface area is 120 Å². The summed E-state index contributed by atoms with van der Waals surface area (Å²) >= 11 is 0. The largest absolute Gasteiger partial charge is 0.469 e. The Balaban J connectivity index is 1.90. The van der Waals surface area contributed by atoms with Crippen LogP contribution in [-0.4, -0.2) is 17.1 Å². The second-order valence-corrected chi connectivity index (χ2v) is 6.01. The van der Waals surface area contributed by atoms with Gasteiger partial charge in [-0.3, -0.25) is 0 Å². The number of oxazole rings is 1. The van der Waals surface area contributed by atoms with E-state index < -0.39 is 0 Å². The Morgan fingerprint density at radius 2 is 2.10 bits per heavy atom. The first-order chi connectivity index (χ1) is 9.49. The molecule has 0 fully saturated rings. The molecule has 0 radical (unpaired) electrons. The molecule has 110 valence electrons. The molecular formula is C16H24N2O2. The number of hydrogen-bond donors (Lipinski definition) is 1. The molecule has 0 aliphatic heterocycles. The smallest absolute Gasteiger partial charge is 0.194 e. The zero-order chi connectivity index (χ0) is 14.6. The number of hydrogen-bond acceptors (Lipinski definition) is 4. The summed E-state index contributed by atoms with van der Waals surface area (Å²) in [6.07, 6.45) is 6.21. The van der Waals surface area contributed by atoms with Crippen molar-refractivity contribution >= 4 is 0 Å². The van der Waals surface area contributed by atoms with E-state index in [-0.39, 0.29) is 5.54 Å². The summed E-state index contributed by atoms with van der Waals surface area (Å²) in [5.41, 5.74) is 1.17. The van der Waals surface area contributed by atoms with Gasteiger partial charge in [-0.25, -0.2) is 4.98 Å². The average Bonchev–Trinajstić information content (AvgIpc) is 3.01. The molecule has 0 amide bonds. The fourth-order valence-electron chi connectivity index (χ4n) is 2.09. The minimum Gasteiger partial charge on any atom is -0.469 e. The van der Waals surface area contributed by atoms with E-state index in [0.717, 1.165) is 48.8 Å². The van der Waals surface area contributed by atoms with Crippen LogP contribution in [0.4, 0.5) is 0 Å². The van der Waals surface area contributed by atoms with Gasteiger partial charge in [0.2, 0.25) is 0 Å². The summed E-state index contributed by atoms with van der Waals surface area (Å²) in [5, 5.41) is 3.46. The third-order valence-electron chi connectivity index (χ3n) is 3.11. The summed E-state index contributed by atoms with van der Waals surface area (Å²) in [4.78, 5) is 4.35. The van der Waals surface area contributed by atoms with Gasteiger partial charge in [-0.1, -0.05) is 6.92 Å². The Morgan fingerprint density at radius 1 is 1.30 bits per heavy atom. The maximum absolute atomic E-state index is 5.80. The van der Waals surface area contributed by atoms with E-state index in [9.17, 15) is 0 Å². The lowest BCUT2D eigenvalue weighted by atomic mass is 10.1. The van der Waals surface area contributed by atoms with Crippen molar-refractivity contribution in [3.8, 4) is 11.3 Å². The van der Waals surface area contributed by atoms with Gasteiger partial charge >= 0.3 is 0 Å². The van der Waals surface area contributed by atoms with Crippen molar-refractivity contribution < 1.29 is 8.83 Å². The molecule has 2 heterocycles. The van der Waals surface area contributed by atoms with Gasteiger partial charge in [-0.05, 0) is 39.8 Å². The first-order valence-corrected chi connectivity index (χ1v) is 7.26. The van der Waals surface area contributed by atoms with Crippen LogP contribution in [-0.2, 0) is 12.8 Å². The Bertz CT molecular complexity index is 535. The van der Waals surface area contributed by atoms with Gasteiger partial charge in [0, 0.05) is 18.4 Å². The molecule has 0 bridgehead atoms. The van der Waals surface area contributed by atoms with Crippen molar-refractivity contribution in [2.45, 2.75) is 52.5 Å². The number of nitrogens with one attached hydrogen (secondary N) is 1. The van der Waals surface area contributed by atoms with Crippen LogP contribution in [0.1, 0.15) is 45.8 Å². The van der Waals surface area contributed by atoms with Crippen LogP contribution in [0.15, 0.2) is 27.4 Å². The van der Waals surface area contributed by atoms with Gasteiger partial charge in [-0.15, -0.1) is 0 Å². The molecule has 2 rings (SSSR count). The van der Waals surface area contributed by atoms with Crippen molar-refractivity contribution in [2.24, 2.45) is 0 Å². The molecule has 4 heteroatoms. The van der Waals surface area contributed by atoms with Gasteiger partial charge in [0.25, 0.3) is 0 Å². The SMILES string of the molecule is CCc1occc1-c1cnc(CCCNC(C)(C)C)o1. The standard InChI is InChI=1S/C16H24N2O2/c1-5-13-12(8-10-19-13)14-11-17-15(20-14)7-6-9-18-16(2,3)4/h8,10-11,18H,5-7,9H2,1-4H3. The van der Waals surface area contributed by atoms with Crippen molar-refractivity contribution in [3.05, 3.63) is 30.2 Å². The third kappa shape index (κ3) is 3.97. The lowest BCUT2D eigenvalue weighted by Crippen LogP contribution is -2.36. The normalized spacial score (nSPS) is 12.0. The molecular weight excluding hydrogens is 252 g/mol. The van der Waals surface area contributed by atoms with Crippen LogP contribution in [0, 0.1) is 0 Å². The predicted octanol–water partition coefficient (Wildman–Crippen LogP) is 3.82. The van der Waals surface area contributed by atoms with E-state index in [0.29, 0.717) is 0 Å². The van der Waals surface area contributed by atoms with E-state index in [2.05, 4.69) is 38.0 Å². The van der Waals surface area contributed by atoms with Crippen LogP contribution in [0.25, 0.3) is 11.3 Å². The van der Waals surface area contributed by atoms with Gasteiger partial charge in [0.15, 0.2) is 11.7 Å². The first kappa shape index (κ1) is 14.9. The molecule has 0 unspecified atom stereocenters. The molecule has 20 heavy (non-hydrogen) atoms. The van der Waals surface area contributed by atoms with E-state index in [1.807, 2.05) is 6.07 Å². The maximum atomic E-state index is 5.80. The first-order valence-electron chi connectivity index (χ1n) is 7.26. The van der Waals surface area contributed by atoms with E-state index in [1.165, 1.54) is 0 Å². The highest BCUT2D eigenvalue weighted by Gasteiger charge is 2.13. The van der Waals surface area contributed by atoms with Crippen LogP contribution < -0.4 is 5.32 Å². The zero-order valence-corrected chi connectivity index (χ0v) is 12.8.